The van der Waals surface area contributed by atoms with Gasteiger partial charge in [-0.1, -0.05) is 13.8 Å². The fourth-order valence-corrected chi connectivity index (χ4v) is 1.95. The third-order valence-corrected chi connectivity index (χ3v) is 2.65. The summed E-state index contributed by atoms with van der Waals surface area (Å²) in [6.45, 7) is 5.75. The Bertz CT molecular complexity index is 414. The van der Waals surface area contributed by atoms with E-state index in [1.807, 2.05) is 14.1 Å². The topological polar surface area (TPSA) is 83.3 Å². The summed E-state index contributed by atoms with van der Waals surface area (Å²) in [7, 11) is 4.04. The molecule has 0 radical (unpaired) electrons. The fourth-order valence-electron chi connectivity index (χ4n) is 1.95. The van der Waals surface area contributed by atoms with Gasteiger partial charge < -0.3 is 15.6 Å². The Kier molecular flexibility index (Phi) is 5.26. The fraction of sp³-hybridized carbons (Fsp3) is 0.538. The van der Waals surface area contributed by atoms with Crippen molar-refractivity contribution in [1.29, 1.82) is 0 Å². The van der Waals surface area contributed by atoms with Gasteiger partial charge in [-0.15, -0.1) is 0 Å². The molecule has 1 aromatic heterocycles. The molecule has 0 aromatic carbocycles. The minimum Gasteiger partial charge on any atom is -0.351 e. The number of rotatable bonds is 6. The van der Waals surface area contributed by atoms with Crippen molar-refractivity contribution in [3.05, 3.63) is 23.9 Å². The molecule has 6 heteroatoms. The zero-order valence-corrected chi connectivity index (χ0v) is 12.0. The monoisotopic (exact) mass is 265 g/mol. The SMILES string of the molecule is CN(C)CC(C)(C)CNC(=O)c1ccc(NN)nc1. The number of nitrogens with one attached hydrogen (secondary N) is 2. The molecule has 0 spiro atoms. The molecule has 1 aromatic rings. The van der Waals surface area contributed by atoms with Crippen molar-refractivity contribution in [3.8, 4) is 0 Å². The maximum absolute atomic E-state index is 12.0. The summed E-state index contributed by atoms with van der Waals surface area (Å²) in [5.41, 5.74) is 2.97. The number of hydrogen-bond donors (Lipinski definition) is 3. The molecule has 1 amide bonds. The lowest BCUT2D eigenvalue weighted by atomic mass is 9.93. The Balaban J connectivity index is 2.55. The van der Waals surface area contributed by atoms with Crippen LogP contribution in [0.1, 0.15) is 24.2 Å². The highest BCUT2D eigenvalue weighted by Gasteiger charge is 2.20. The molecule has 0 saturated carbocycles. The van der Waals surface area contributed by atoms with Gasteiger partial charge in [-0.25, -0.2) is 10.8 Å². The van der Waals surface area contributed by atoms with E-state index in [-0.39, 0.29) is 11.3 Å². The molecule has 6 nitrogen and oxygen atoms in total. The van der Waals surface area contributed by atoms with E-state index in [2.05, 4.69) is 34.5 Å². The molecule has 0 saturated heterocycles. The van der Waals surface area contributed by atoms with Gasteiger partial charge in [0.15, 0.2) is 0 Å². The molecule has 0 atom stereocenters. The van der Waals surface area contributed by atoms with Crippen molar-refractivity contribution < 1.29 is 4.79 Å². The predicted molar refractivity (Wildman–Crippen MR) is 76.7 cm³/mol. The Hall–Kier alpha value is -1.66. The van der Waals surface area contributed by atoms with Gasteiger partial charge in [0.25, 0.3) is 5.91 Å². The second-order valence-electron chi connectivity index (χ2n) is 5.66. The van der Waals surface area contributed by atoms with Gasteiger partial charge >= 0.3 is 0 Å². The summed E-state index contributed by atoms with van der Waals surface area (Å²) in [6, 6.07) is 3.36. The lowest BCUT2D eigenvalue weighted by Gasteiger charge is -2.28. The highest BCUT2D eigenvalue weighted by atomic mass is 16.1. The standard InChI is InChI=1S/C13H23N5O/c1-13(2,9-18(3)4)8-16-12(19)10-5-6-11(17-14)15-7-10/h5-7H,8-9,14H2,1-4H3,(H,15,17)(H,16,19). The molecule has 106 valence electrons. The van der Waals surface area contributed by atoms with Crippen LogP contribution in [0, 0.1) is 5.41 Å². The van der Waals surface area contributed by atoms with Gasteiger partial charge in [-0.3, -0.25) is 4.79 Å². The number of aromatic nitrogens is 1. The summed E-state index contributed by atoms with van der Waals surface area (Å²) in [5.74, 6) is 5.63. The van der Waals surface area contributed by atoms with E-state index in [4.69, 9.17) is 5.84 Å². The highest BCUT2D eigenvalue weighted by Crippen LogP contribution is 2.14. The number of anilines is 1. The summed E-state index contributed by atoms with van der Waals surface area (Å²) in [4.78, 5) is 18.1. The van der Waals surface area contributed by atoms with Crippen molar-refractivity contribution >= 4 is 11.7 Å². The number of nitrogens with two attached hydrogens (primary N) is 1. The van der Waals surface area contributed by atoms with E-state index in [0.717, 1.165) is 6.54 Å². The van der Waals surface area contributed by atoms with Crippen LogP contribution in [0.3, 0.4) is 0 Å². The van der Waals surface area contributed by atoms with Crippen LogP contribution in [0.25, 0.3) is 0 Å². The van der Waals surface area contributed by atoms with Gasteiger partial charge in [0, 0.05) is 19.3 Å². The molecule has 0 aliphatic carbocycles. The summed E-state index contributed by atoms with van der Waals surface area (Å²) in [5, 5.41) is 2.92. The smallest absolute Gasteiger partial charge is 0.252 e. The molecule has 0 bridgehead atoms. The lowest BCUT2D eigenvalue weighted by molar-refractivity contribution is 0.0929. The molecule has 19 heavy (non-hydrogen) atoms. The molecular weight excluding hydrogens is 242 g/mol. The quantitative estimate of drug-likeness (QED) is 0.520. The molecule has 1 heterocycles. The molecule has 4 N–H and O–H groups in total. The van der Waals surface area contributed by atoms with Gasteiger partial charge in [0.05, 0.1) is 5.56 Å². The zero-order valence-electron chi connectivity index (χ0n) is 12.0. The summed E-state index contributed by atoms with van der Waals surface area (Å²) >= 11 is 0. The molecule has 0 fully saturated rings. The minimum atomic E-state index is -0.122. The van der Waals surface area contributed by atoms with Crippen molar-refractivity contribution in [3.63, 3.8) is 0 Å². The number of pyridine rings is 1. The van der Waals surface area contributed by atoms with Gasteiger partial charge in [0.2, 0.25) is 0 Å². The second-order valence-corrected chi connectivity index (χ2v) is 5.66. The van der Waals surface area contributed by atoms with E-state index in [9.17, 15) is 4.79 Å². The first-order chi connectivity index (χ1) is 8.84. The van der Waals surface area contributed by atoms with E-state index in [1.165, 1.54) is 6.20 Å². The van der Waals surface area contributed by atoms with Crippen molar-refractivity contribution in [1.82, 2.24) is 15.2 Å². The largest absolute Gasteiger partial charge is 0.351 e. The van der Waals surface area contributed by atoms with Gasteiger partial charge in [-0.05, 0) is 31.6 Å². The number of nitrogens with zero attached hydrogens (tertiary/aromatic N) is 2. The van der Waals surface area contributed by atoms with E-state index in [1.54, 1.807) is 12.1 Å². The van der Waals surface area contributed by atoms with Crippen LogP contribution >= 0.6 is 0 Å². The van der Waals surface area contributed by atoms with Crippen LogP contribution in [0.4, 0.5) is 5.82 Å². The number of nitrogen functional groups attached to an aromatic ring is 1. The lowest BCUT2D eigenvalue weighted by Crippen LogP contribution is -2.40. The maximum atomic E-state index is 12.0. The first-order valence-corrected chi connectivity index (χ1v) is 6.20. The van der Waals surface area contributed by atoms with Crippen LogP contribution in [0.5, 0.6) is 0 Å². The Morgan fingerprint density at radius 2 is 2.11 bits per heavy atom. The first-order valence-electron chi connectivity index (χ1n) is 6.20. The van der Waals surface area contributed by atoms with Gasteiger partial charge in [0.1, 0.15) is 5.82 Å². The zero-order chi connectivity index (χ0) is 14.5. The Morgan fingerprint density at radius 1 is 1.42 bits per heavy atom. The first kappa shape index (κ1) is 15.4. The number of carbonyl (C=O) groups is 1. The Labute approximate surface area is 114 Å². The number of hydrazine groups is 1. The summed E-state index contributed by atoms with van der Waals surface area (Å²) < 4.78 is 0. The van der Waals surface area contributed by atoms with Crippen molar-refractivity contribution in [2.24, 2.45) is 11.3 Å². The normalized spacial score (nSPS) is 11.5. The third kappa shape index (κ3) is 5.23. The predicted octanol–water partition coefficient (Wildman–Crippen LogP) is 0.685. The maximum Gasteiger partial charge on any atom is 0.252 e. The molecule has 0 aliphatic heterocycles. The molecular formula is C13H23N5O. The van der Waals surface area contributed by atoms with E-state index < -0.39 is 0 Å². The average Bonchev–Trinajstić information content (AvgIpc) is 2.34. The van der Waals surface area contributed by atoms with Crippen LogP contribution in [0.2, 0.25) is 0 Å². The second kappa shape index (κ2) is 6.49. The number of hydrogen-bond acceptors (Lipinski definition) is 5. The average molecular weight is 265 g/mol. The van der Waals surface area contributed by atoms with E-state index in [0.29, 0.717) is 17.9 Å². The van der Waals surface area contributed by atoms with Crippen molar-refractivity contribution in [2.45, 2.75) is 13.8 Å². The molecule has 0 aliphatic rings. The molecule has 0 unspecified atom stereocenters. The third-order valence-electron chi connectivity index (χ3n) is 2.65. The minimum absolute atomic E-state index is 0.0192. The van der Waals surface area contributed by atoms with Crippen LogP contribution < -0.4 is 16.6 Å². The van der Waals surface area contributed by atoms with Gasteiger partial charge in [-0.2, -0.15) is 0 Å². The summed E-state index contributed by atoms with van der Waals surface area (Å²) in [6.07, 6.45) is 1.50. The van der Waals surface area contributed by atoms with Crippen LogP contribution in [0.15, 0.2) is 18.3 Å². The molecule has 1 rings (SSSR count). The highest BCUT2D eigenvalue weighted by molar-refractivity contribution is 5.94. The number of carbonyl (C=O) groups excluding carboxylic acids is 1. The van der Waals surface area contributed by atoms with Crippen LogP contribution in [-0.2, 0) is 0 Å². The Morgan fingerprint density at radius 3 is 2.58 bits per heavy atom. The van der Waals surface area contributed by atoms with Crippen LogP contribution in [-0.4, -0.2) is 43.0 Å². The van der Waals surface area contributed by atoms with Crippen molar-refractivity contribution in [2.75, 3.05) is 32.6 Å². The number of amides is 1. The van der Waals surface area contributed by atoms with E-state index >= 15 is 0 Å².